The van der Waals surface area contributed by atoms with Crippen molar-refractivity contribution in [3.05, 3.63) is 12.2 Å². The van der Waals surface area contributed by atoms with E-state index in [4.69, 9.17) is 5.11 Å². The van der Waals surface area contributed by atoms with E-state index in [1.54, 1.807) is 0 Å². The van der Waals surface area contributed by atoms with Crippen molar-refractivity contribution >= 4 is 5.97 Å². The van der Waals surface area contributed by atoms with Crippen molar-refractivity contribution in [2.75, 3.05) is 20.6 Å². The van der Waals surface area contributed by atoms with Gasteiger partial charge in [0.05, 0.1) is 0 Å². The lowest BCUT2D eigenvalue weighted by Gasteiger charge is -2.08. The van der Waals surface area contributed by atoms with Gasteiger partial charge in [0.15, 0.2) is 0 Å². The van der Waals surface area contributed by atoms with Crippen molar-refractivity contribution in [3.8, 4) is 0 Å². The Balaban J connectivity index is 0. The molecule has 0 aliphatic carbocycles. The first-order valence-electron chi connectivity index (χ1n) is 15.6. The summed E-state index contributed by atoms with van der Waals surface area (Å²) in [5.41, 5.74) is 0. The highest BCUT2D eigenvalue weighted by Crippen LogP contribution is 2.11. The minimum atomic E-state index is -0.664. The van der Waals surface area contributed by atoms with Crippen LogP contribution in [0.4, 0.5) is 0 Å². The molecule has 0 saturated carbocycles. The Labute approximate surface area is 221 Å². The zero-order valence-electron chi connectivity index (χ0n) is 24.6. The number of hydrogen-bond acceptors (Lipinski definition) is 2. The quantitative estimate of drug-likeness (QED) is 0.0958. The molecule has 0 radical (unpaired) electrons. The highest BCUT2D eigenvalue weighted by molar-refractivity contribution is 5.66. The van der Waals surface area contributed by atoms with Crippen LogP contribution in [0.25, 0.3) is 0 Å². The molecule has 0 aromatic carbocycles. The number of allylic oxidation sites excluding steroid dienone is 2. The molecule has 0 rings (SSSR count). The van der Waals surface area contributed by atoms with Crippen LogP contribution in [0.15, 0.2) is 12.2 Å². The zero-order chi connectivity index (χ0) is 26.2. The zero-order valence-corrected chi connectivity index (χ0v) is 24.6. The van der Waals surface area contributed by atoms with Crippen LogP contribution in [0.3, 0.4) is 0 Å². The smallest absolute Gasteiger partial charge is 0.303 e. The maximum atomic E-state index is 10.3. The number of carboxylic acid groups (broad SMARTS) is 1. The number of hydrogen-bond donors (Lipinski definition) is 1. The van der Waals surface area contributed by atoms with Crippen molar-refractivity contribution in [1.82, 2.24) is 4.90 Å². The largest absolute Gasteiger partial charge is 0.481 e. The number of carbonyl (C=O) groups is 1. The summed E-state index contributed by atoms with van der Waals surface area (Å²) in [5.74, 6) is -0.664. The Morgan fingerprint density at radius 2 is 0.886 bits per heavy atom. The SMILES string of the molecule is CCCCCCCC/C=C\CCCCCCCC(=O)O.CCCCCCCCCCCCN(C)C. The first-order valence-corrected chi connectivity index (χ1v) is 15.6. The Hall–Kier alpha value is -0.830. The molecule has 3 nitrogen and oxygen atoms in total. The number of rotatable bonds is 26. The average molecular weight is 496 g/mol. The second-order valence-corrected chi connectivity index (χ2v) is 10.7. The molecule has 0 aliphatic rings. The fraction of sp³-hybridized carbons (Fsp3) is 0.906. The molecular weight excluding hydrogens is 430 g/mol. The summed E-state index contributed by atoms with van der Waals surface area (Å²) in [7, 11) is 4.32. The summed E-state index contributed by atoms with van der Waals surface area (Å²) in [4.78, 5) is 12.6. The third-order valence-corrected chi connectivity index (χ3v) is 6.61. The molecule has 0 spiro atoms. The molecule has 0 heterocycles. The summed E-state index contributed by atoms with van der Waals surface area (Å²) < 4.78 is 0. The van der Waals surface area contributed by atoms with Crippen LogP contribution in [0.2, 0.25) is 0 Å². The Morgan fingerprint density at radius 3 is 1.26 bits per heavy atom. The molecule has 0 aromatic heterocycles. The van der Waals surface area contributed by atoms with Gasteiger partial charge in [0, 0.05) is 6.42 Å². The molecule has 0 atom stereocenters. The molecular formula is C32H65NO2. The second kappa shape index (κ2) is 33.2. The van der Waals surface area contributed by atoms with Gasteiger partial charge in [-0.05, 0) is 59.2 Å². The van der Waals surface area contributed by atoms with Crippen molar-refractivity contribution in [2.45, 2.75) is 168 Å². The van der Waals surface area contributed by atoms with Gasteiger partial charge in [-0.15, -0.1) is 0 Å². The molecule has 0 unspecified atom stereocenters. The van der Waals surface area contributed by atoms with Crippen LogP contribution in [0.5, 0.6) is 0 Å². The standard InChI is InChI=1S/C18H34O2.C14H31N/c1-2-3-4-5-6-7-8-9-10-11-12-13-14-15-16-17-18(19)20;1-4-5-6-7-8-9-10-11-12-13-14-15(2)3/h9-10H,2-8,11-17H2,1H3,(H,19,20);4-14H2,1-3H3/b10-9-;. The van der Waals surface area contributed by atoms with E-state index in [0.717, 1.165) is 12.8 Å². The van der Waals surface area contributed by atoms with Crippen molar-refractivity contribution in [2.24, 2.45) is 0 Å². The third-order valence-electron chi connectivity index (χ3n) is 6.61. The lowest BCUT2D eigenvalue weighted by molar-refractivity contribution is -0.137. The summed E-state index contributed by atoms with van der Waals surface area (Å²) in [6.45, 7) is 5.80. The van der Waals surface area contributed by atoms with Crippen molar-refractivity contribution in [3.63, 3.8) is 0 Å². The van der Waals surface area contributed by atoms with Gasteiger partial charge in [-0.2, -0.15) is 0 Å². The van der Waals surface area contributed by atoms with Gasteiger partial charge in [0.1, 0.15) is 0 Å². The van der Waals surface area contributed by atoms with Gasteiger partial charge in [-0.1, -0.05) is 135 Å². The normalized spacial score (nSPS) is 11.2. The van der Waals surface area contributed by atoms with E-state index in [2.05, 4.69) is 45.0 Å². The highest BCUT2D eigenvalue weighted by atomic mass is 16.4. The minimum Gasteiger partial charge on any atom is -0.481 e. The molecule has 3 heteroatoms. The second-order valence-electron chi connectivity index (χ2n) is 10.7. The Kier molecular flexibility index (Phi) is 34.4. The van der Waals surface area contributed by atoms with Crippen molar-refractivity contribution < 1.29 is 9.90 Å². The maximum absolute atomic E-state index is 10.3. The van der Waals surface area contributed by atoms with Crippen LogP contribution >= 0.6 is 0 Å². The molecule has 0 amide bonds. The van der Waals surface area contributed by atoms with E-state index in [1.807, 2.05) is 0 Å². The van der Waals surface area contributed by atoms with Crippen molar-refractivity contribution in [1.29, 1.82) is 0 Å². The molecule has 0 aliphatic heterocycles. The number of carboxylic acids is 1. The Bertz CT molecular complexity index is 420. The molecule has 0 fully saturated rings. The molecule has 0 bridgehead atoms. The lowest BCUT2D eigenvalue weighted by atomic mass is 10.1. The topological polar surface area (TPSA) is 40.5 Å². The van der Waals surface area contributed by atoms with Gasteiger partial charge < -0.3 is 10.0 Å². The van der Waals surface area contributed by atoms with E-state index in [9.17, 15) is 4.79 Å². The van der Waals surface area contributed by atoms with E-state index in [-0.39, 0.29) is 0 Å². The Morgan fingerprint density at radius 1 is 0.543 bits per heavy atom. The van der Waals surface area contributed by atoms with Crippen LogP contribution in [0, 0.1) is 0 Å². The molecule has 35 heavy (non-hydrogen) atoms. The monoisotopic (exact) mass is 496 g/mol. The summed E-state index contributed by atoms with van der Waals surface area (Å²) in [6, 6.07) is 0. The maximum Gasteiger partial charge on any atom is 0.303 e. The predicted molar refractivity (Wildman–Crippen MR) is 157 cm³/mol. The van der Waals surface area contributed by atoms with Crippen LogP contribution in [-0.2, 0) is 4.79 Å². The van der Waals surface area contributed by atoms with E-state index in [0.29, 0.717) is 6.42 Å². The van der Waals surface area contributed by atoms with Gasteiger partial charge >= 0.3 is 5.97 Å². The fourth-order valence-electron chi connectivity index (χ4n) is 4.26. The van der Waals surface area contributed by atoms with E-state index in [1.165, 1.54) is 141 Å². The lowest BCUT2D eigenvalue weighted by Crippen LogP contribution is -2.12. The molecule has 0 saturated heterocycles. The predicted octanol–water partition coefficient (Wildman–Crippen LogP) is 10.6. The molecule has 210 valence electrons. The first kappa shape index (κ1) is 36.3. The molecule has 1 N–H and O–H groups in total. The third kappa shape index (κ3) is 40.6. The number of nitrogens with zero attached hydrogens (tertiary/aromatic N) is 1. The van der Waals surface area contributed by atoms with Crippen LogP contribution < -0.4 is 0 Å². The van der Waals surface area contributed by atoms with E-state index < -0.39 is 5.97 Å². The summed E-state index contributed by atoms with van der Waals surface area (Å²) in [5, 5.41) is 8.51. The summed E-state index contributed by atoms with van der Waals surface area (Å²) in [6.07, 6.45) is 35.6. The average Bonchev–Trinajstić information content (AvgIpc) is 2.83. The van der Waals surface area contributed by atoms with Gasteiger partial charge in [0.2, 0.25) is 0 Å². The van der Waals surface area contributed by atoms with E-state index >= 15 is 0 Å². The van der Waals surface area contributed by atoms with Crippen LogP contribution in [-0.4, -0.2) is 36.6 Å². The minimum absolute atomic E-state index is 0.332. The van der Waals surface area contributed by atoms with Crippen LogP contribution in [0.1, 0.15) is 168 Å². The number of aliphatic carboxylic acids is 1. The fourth-order valence-corrected chi connectivity index (χ4v) is 4.26. The van der Waals surface area contributed by atoms with Gasteiger partial charge in [-0.25, -0.2) is 0 Å². The summed E-state index contributed by atoms with van der Waals surface area (Å²) >= 11 is 0. The molecule has 0 aromatic rings. The highest BCUT2D eigenvalue weighted by Gasteiger charge is 1.96. The van der Waals surface area contributed by atoms with Gasteiger partial charge in [-0.3, -0.25) is 4.79 Å². The first-order chi connectivity index (χ1) is 17.0. The van der Waals surface area contributed by atoms with Gasteiger partial charge in [0.25, 0.3) is 0 Å². The number of unbranched alkanes of at least 4 members (excludes halogenated alkanes) is 20.